The van der Waals surface area contributed by atoms with Crippen LogP contribution in [-0.4, -0.2) is 53.4 Å². The lowest BCUT2D eigenvalue weighted by Gasteiger charge is -2.33. The number of amides is 1. The molecule has 2 aliphatic heterocycles. The summed E-state index contributed by atoms with van der Waals surface area (Å²) in [6.45, 7) is 5.85. The van der Waals surface area contributed by atoms with Crippen molar-refractivity contribution in [3.8, 4) is 0 Å². The van der Waals surface area contributed by atoms with E-state index in [4.69, 9.17) is 14.0 Å². The molecule has 0 bridgehead atoms. The van der Waals surface area contributed by atoms with Crippen LogP contribution in [0.15, 0.2) is 4.52 Å². The van der Waals surface area contributed by atoms with E-state index in [0.29, 0.717) is 24.2 Å². The molecule has 7 heteroatoms. The minimum absolute atomic E-state index is 0.0640. The highest BCUT2D eigenvalue weighted by molar-refractivity contribution is 5.77. The van der Waals surface area contributed by atoms with E-state index in [0.717, 1.165) is 25.9 Å². The average molecular weight is 295 g/mol. The number of carbonyl (C=O) groups excluding carboxylic acids is 1. The van der Waals surface area contributed by atoms with Crippen molar-refractivity contribution < 1.29 is 18.8 Å². The first-order chi connectivity index (χ1) is 10.2. The highest BCUT2D eigenvalue weighted by Gasteiger charge is 2.42. The lowest BCUT2D eigenvalue weighted by atomic mass is 9.92. The SMILES string of the molecule is CCOCC(=O)N1CC[C@H]2O[C@H](c3noc(C)n3)C[C@@H]2C1. The minimum Gasteiger partial charge on any atom is -0.372 e. The van der Waals surface area contributed by atoms with Crippen molar-refractivity contribution in [2.75, 3.05) is 26.3 Å². The number of hydrogen-bond donors (Lipinski definition) is 0. The van der Waals surface area contributed by atoms with Crippen LogP contribution in [0.1, 0.15) is 37.6 Å². The first-order valence-corrected chi connectivity index (χ1v) is 7.48. The zero-order valence-electron chi connectivity index (χ0n) is 12.4. The van der Waals surface area contributed by atoms with Gasteiger partial charge in [0.2, 0.25) is 17.6 Å². The number of carbonyl (C=O) groups is 1. The van der Waals surface area contributed by atoms with E-state index in [9.17, 15) is 4.79 Å². The van der Waals surface area contributed by atoms with Gasteiger partial charge < -0.3 is 18.9 Å². The van der Waals surface area contributed by atoms with Crippen LogP contribution in [0.4, 0.5) is 0 Å². The maximum absolute atomic E-state index is 12.0. The van der Waals surface area contributed by atoms with Crippen LogP contribution in [0.2, 0.25) is 0 Å². The van der Waals surface area contributed by atoms with Gasteiger partial charge in [0.05, 0.1) is 6.10 Å². The van der Waals surface area contributed by atoms with Gasteiger partial charge in [0, 0.05) is 32.5 Å². The largest absolute Gasteiger partial charge is 0.372 e. The molecule has 0 N–H and O–H groups in total. The number of ether oxygens (including phenoxy) is 2. The molecule has 2 saturated heterocycles. The lowest BCUT2D eigenvalue weighted by molar-refractivity contribution is -0.139. The molecule has 7 nitrogen and oxygen atoms in total. The maximum Gasteiger partial charge on any atom is 0.248 e. The van der Waals surface area contributed by atoms with E-state index in [1.54, 1.807) is 6.92 Å². The van der Waals surface area contributed by atoms with Gasteiger partial charge in [-0.15, -0.1) is 0 Å². The summed E-state index contributed by atoms with van der Waals surface area (Å²) in [6.07, 6.45) is 1.77. The molecule has 3 rings (SSSR count). The van der Waals surface area contributed by atoms with Gasteiger partial charge in [-0.2, -0.15) is 4.98 Å². The molecule has 3 atom stereocenters. The van der Waals surface area contributed by atoms with Crippen LogP contribution in [0.5, 0.6) is 0 Å². The third-order valence-corrected chi connectivity index (χ3v) is 4.13. The second-order valence-corrected chi connectivity index (χ2v) is 5.60. The molecule has 1 amide bonds. The van der Waals surface area contributed by atoms with Crippen LogP contribution in [0.3, 0.4) is 0 Å². The van der Waals surface area contributed by atoms with E-state index in [1.807, 2.05) is 11.8 Å². The number of aromatic nitrogens is 2. The summed E-state index contributed by atoms with van der Waals surface area (Å²) in [5.41, 5.74) is 0. The minimum atomic E-state index is -0.112. The Morgan fingerprint density at radius 1 is 1.52 bits per heavy atom. The summed E-state index contributed by atoms with van der Waals surface area (Å²) < 4.78 is 16.2. The lowest BCUT2D eigenvalue weighted by Crippen LogP contribution is -2.45. The Kier molecular flexibility index (Phi) is 4.21. The summed E-state index contributed by atoms with van der Waals surface area (Å²) in [4.78, 5) is 18.1. The van der Waals surface area contributed by atoms with Gasteiger partial charge >= 0.3 is 0 Å². The van der Waals surface area contributed by atoms with Crippen LogP contribution in [0.25, 0.3) is 0 Å². The molecule has 0 saturated carbocycles. The number of nitrogens with zero attached hydrogens (tertiary/aromatic N) is 3. The van der Waals surface area contributed by atoms with Crippen LogP contribution in [-0.2, 0) is 14.3 Å². The number of hydrogen-bond acceptors (Lipinski definition) is 6. The van der Waals surface area contributed by atoms with Crippen molar-refractivity contribution in [2.24, 2.45) is 5.92 Å². The van der Waals surface area contributed by atoms with Gasteiger partial charge in [0.25, 0.3) is 0 Å². The number of aryl methyl sites for hydroxylation is 1. The second kappa shape index (κ2) is 6.11. The topological polar surface area (TPSA) is 77.7 Å². The quantitative estimate of drug-likeness (QED) is 0.827. The third-order valence-electron chi connectivity index (χ3n) is 4.13. The fourth-order valence-corrected chi connectivity index (χ4v) is 3.08. The van der Waals surface area contributed by atoms with Gasteiger partial charge in [0.15, 0.2) is 0 Å². The number of likely N-dealkylation sites (tertiary alicyclic amines) is 1. The molecular weight excluding hydrogens is 274 g/mol. The van der Waals surface area contributed by atoms with E-state index in [2.05, 4.69) is 10.1 Å². The molecule has 2 fully saturated rings. The molecule has 1 aromatic rings. The molecule has 0 spiro atoms. The highest BCUT2D eigenvalue weighted by atomic mass is 16.5. The van der Waals surface area contributed by atoms with Crippen molar-refractivity contribution in [1.82, 2.24) is 15.0 Å². The summed E-state index contributed by atoms with van der Waals surface area (Å²) in [7, 11) is 0. The molecule has 2 aliphatic rings. The van der Waals surface area contributed by atoms with Crippen LogP contribution >= 0.6 is 0 Å². The van der Waals surface area contributed by atoms with Crippen LogP contribution in [0, 0.1) is 12.8 Å². The van der Waals surface area contributed by atoms with E-state index >= 15 is 0 Å². The Hall–Kier alpha value is -1.47. The number of rotatable bonds is 4. The monoisotopic (exact) mass is 295 g/mol. The van der Waals surface area contributed by atoms with E-state index in [1.165, 1.54) is 0 Å². The zero-order valence-corrected chi connectivity index (χ0v) is 12.4. The summed E-state index contributed by atoms with van der Waals surface area (Å²) in [5.74, 6) is 1.58. The van der Waals surface area contributed by atoms with Gasteiger partial charge in [-0.25, -0.2) is 0 Å². The predicted molar refractivity (Wildman–Crippen MR) is 72.4 cm³/mol. The van der Waals surface area contributed by atoms with Crippen molar-refractivity contribution >= 4 is 5.91 Å². The smallest absolute Gasteiger partial charge is 0.248 e. The number of piperidine rings is 1. The normalized spacial score (nSPS) is 28.7. The number of fused-ring (bicyclic) bond motifs is 1. The van der Waals surface area contributed by atoms with Crippen molar-refractivity contribution in [2.45, 2.75) is 38.9 Å². The first kappa shape index (κ1) is 14.5. The van der Waals surface area contributed by atoms with Crippen molar-refractivity contribution in [3.05, 3.63) is 11.7 Å². The molecule has 0 unspecified atom stereocenters. The molecular formula is C14H21N3O4. The standard InChI is InChI=1S/C14H21N3O4/c1-3-19-8-13(18)17-5-4-11-10(7-17)6-12(20-11)14-15-9(2)21-16-14/h10-12H,3-8H2,1-2H3/t10-,11-,12+/m1/s1. The van der Waals surface area contributed by atoms with Gasteiger partial charge in [0.1, 0.15) is 12.7 Å². The van der Waals surface area contributed by atoms with Gasteiger partial charge in [-0.1, -0.05) is 5.16 Å². The summed E-state index contributed by atoms with van der Waals surface area (Å²) in [6, 6.07) is 0. The van der Waals surface area contributed by atoms with Crippen molar-refractivity contribution in [1.29, 1.82) is 0 Å². The Labute approximate surface area is 123 Å². The van der Waals surface area contributed by atoms with Gasteiger partial charge in [-0.05, 0) is 19.8 Å². The van der Waals surface area contributed by atoms with E-state index < -0.39 is 0 Å². The molecule has 1 aromatic heterocycles. The Bertz CT molecular complexity index is 504. The van der Waals surface area contributed by atoms with Gasteiger partial charge in [-0.3, -0.25) is 4.79 Å². The fourth-order valence-electron chi connectivity index (χ4n) is 3.08. The summed E-state index contributed by atoms with van der Waals surface area (Å²) in [5, 5.41) is 3.94. The molecule has 21 heavy (non-hydrogen) atoms. The molecule has 0 aliphatic carbocycles. The Balaban J connectivity index is 1.58. The fraction of sp³-hybridized carbons (Fsp3) is 0.786. The zero-order chi connectivity index (χ0) is 14.8. The molecule has 0 aromatic carbocycles. The molecule has 0 radical (unpaired) electrons. The first-order valence-electron chi connectivity index (χ1n) is 7.48. The van der Waals surface area contributed by atoms with E-state index in [-0.39, 0.29) is 24.7 Å². The highest BCUT2D eigenvalue weighted by Crippen LogP contribution is 2.39. The predicted octanol–water partition coefficient (Wildman–Crippen LogP) is 1.09. The summed E-state index contributed by atoms with van der Waals surface area (Å²) >= 11 is 0. The van der Waals surface area contributed by atoms with Crippen molar-refractivity contribution in [3.63, 3.8) is 0 Å². The van der Waals surface area contributed by atoms with Crippen LogP contribution < -0.4 is 0 Å². The third kappa shape index (κ3) is 3.08. The average Bonchev–Trinajstić information content (AvgIpc) is 3.09. The maximum atomic E-state index is 12.0. The Morgan fingerprint density at radius 3 is 3.10 bits per heavy atom. The Morgan fingerprint density at radius 2 is 2.38 bits per heavy atom. The molecule has 116 valence electrons. The second-order valence-electron chi connectivity index (χ2n) is 5.60. The molecule has 3 heterocycles.